The molecule has 0 saturated heterocycles. The smallest absolute Gasteiger partial charge is 0.275 e. The lowest BCUT2D eigenvalue weighted by Crippen LogP contribution is -2.28. The Morgan fingerprint density at radius 2 is 2.28 bits per heavy atom. The van der Waals surface area contributed by atoms with Gasteiger partial charge in [-0.2, -0.15) is 10.2 Å². The maximum atomic E-state index is 14.4. The van der Waals surface area contributed by atoms with Crippen LogP contribution in [0.3, 0.4) is 0 Å². The number of hydrogen-bond donors (Lipinski definition) is 1. The van der Waals surface area contributed by atoms with Crippen molar-refractivity contribution < 1.29 is 9.18 Å². The molecule has 0 unspecified atom stereocenters. The molecule has 3 aromatic rings. The summed E-state index contributed by atoms with van der Waals surface area (Å²) in [5, 5.41) is 18.1. The maximum absolute atomic E-state index is 14.4. The Hall–Kier alpha value is -3.15. The van der Waals surface area contributed by atoms with E-state index in [4.69, 9.17) is 5.73 Å². The molecule has 0 radical (unpaired) electrons. The molecular formula is C16H14BFN6O. The first kappa shape index (κ1) is 15.4. The first-order chi connectivity index (χ1) is 12.0. The van der Waals surface area contributed by atoms with Gasteiger partial charge in [0, 0.05) is 30.8 Å². The molecule has 0 saturated carbocycles. The molecule has 2 aromatic heterocycles. The summed E-state index contributed by atoms with van der Waals surface area (Å²) in [6, 6.07) is 3.08. The van der Waals surface area contributed by atoms with Crippen molar-refractivity contribution >= 4 is 23.5 Å². The van der Waals surface area contributed by atoms with Gasteiger partial charge >= 0.3 is 0 Å². The van der Waals surface area contributed by atoms with Crippen molar-refractivity contribution in [2.24, 2.45) is 12.8 Å². The fourth-order valence-corrected chi connectivity index (χ4v) is 3.42. The lowest BCUT2D eigenvalue weighted by atomic mass is 9.45. The first-order valence-corrected chi connectivity index (χ1v) is 7.90. The molecule has 124 valence electrons. The number of nitriles is 1. The van der Waals surface area contributed by atoms with Gasteiger partial charge in [0.25, 0.3) is 12.6 Å². The molecule has 0 atom stereocenters. The van der Waals surface area contributed by atoms with E-state index in [0.29, 0.717) is 47.0 Å². The van der Waals surface area contributed by atoms with E-state index in [0.717, 1.165) is 0 Å². The summed E-state index contributed by atoms with van der Waals surface area (Å²) < 4.78 is 17.7. The topological polar surface area (TPSA) is 103 Å². The quantitative estimate of drug-likeness (QED) is 0.713. The Bertz CT molecular complexity index is 1060. The number of halogens is 1. The Morgan fingerprint density at radius 3 is 3.00 bits per heavy atom. The number of primary amides is 1. The molecule has 0 bridgehead atoms. The normalized spacial score (nSPS) is 13.7. The van der Waals surface area contributed by atoms with E-state index in [1.165, 1.54) is 12.3 Å². The van der Waals surface area contributed by atoms with Crippen LogP contribution in [0, 0.1) is 17.0 Å². The summed E-state index contributed by atoms with van der Waals surface area (Å²) >= 11 is 0. The minimum Gasteiger partial charge on any atom is -0.365 e. The van der Waals surface area contributed by atoms with Gasteiger partial charge in [-0.25, -0.2) is 9.65 Å². The molecule has 1 aliphatic heterocycles. The number of carbonyl (C=O) groups excluding carboxylic acids is 1. The van der Waals surface area contributed by atoms with Crippen LogP contribution in [0.5, 0.6) is 0 Å². The van der Waals surface area contributed by atoms with Gasteiger partial charge < -0.3 is 5.73 Å². The summed E-state index contributed by atoms with van der Waals surface area (Å²) in [5.41, 5.74) is 7.91. The third kappa shape index (κ3) is 2.29. The van der Waals surface area contributed by atoms with Gasteiger partial charge in [-0.1, -0.05) is 0 Å². The van der Waals surface area contributed by atoms with Gasteiger partial charge in [-0.05, 0) is 24.8 Å². The van der Waals surface area contributed by atoms with Crippen LogP contribution in [0.15, 0.2) is 18.3 Å². The molecule has 9 heteroatoms. The molecule has 0 fully saturated rings. The molecule has 0 spiro atoms. The molecule has 1 aliphatic rings. The molecule has 7 nitrogen and oxygen atoms in total. The van der Waals surface area contributed by atoms with Gasteiger partial charge in [0.05, 0.1) is 22.7 Å². The zero-order chi connectivity index (χ0) is 17.7. The Morgan fingerprint density at radius 1 is 1.48 bits per heavy atom. The second-order valence-corrected chi connectivity index (χ2v) is 6.24. The Balaban J connectivity index is 1.95. The van der Waals surface area contributed by atoms with Crippen LogP contribution in [-0.2, 0) is 19.9 Å². The van der Waals surface area contributed by atoms with Crippen LogP contribution in [0.2, 0.25) is 6.32 Å². The second kappa shape index (κ2) is 5.45. The third-order valence-electron chi connectivity index (χ3n) is 4.71. The van der Waals surface area contributed by atoms with E-state index in [-0.39, 0.29) is 12.3 Å². The number of carbonyl (C=O) groups is 1. The van der Waals surface area contributed by atoms with Crippen LogP contribution < -0.4 is 5.73 Å². The van der Waals surface area contributed by atoms with Gasteiger partial charge in [-0.3, -0.25) is 14.2 Å². The van der Waals surface area contributed by atoms with Crippen molar-refractivity contribution in [3.05, 3.63) is 35.4 Å². The number of fused-ring (bicyclic) bond motifs is 2. The number of hydrogen-bond acceptors (Lipinski definition) is 4. The van der Waals surface area contributed by atoms with Crippen LogP contribution in [0.25, 0.3) is 22.2 Å². The van der Waals surface area contributed by atoms with Crippen molar-refractivity contribution in [1.29, 1.82) is 5.26 Å². The zero-order valence-corrected chi connectivity index (χ0v) is 13.5. The average Bonchev–Trinajstić information content (AvgIpc) is 3.15. The number of nitrogens with zero attached hydrogens (tertiary/aromatic N) is 5. The Kier molecular flexibility index (Phi) is 3.35. The molecule has 1 amide bonds. The Labute approximate surface area is 142 Å². The highest BCUT2D eigenvalue weighted by molar-refractivity contribution is 6.66. The van der Waals surface area contributed by atoms with Crippen molar-refractivity contribution in [2.45, 2.75) is 19.2 Å². The lowest BCUT2D eigenvalue weighted by molar-refractivity contribution is 0.1000. The number of nitrogens with two attached hydrogens (primary N) is 1. The minimum atomic E-state index is -0.625. The van der Waals surface area contributed by atoms with Gasteiger partial charge in [0.1, 0.15) is 11.5 Å². The van der Waals surface area contributed by atoms with Gasteiger partial charge in [0.15, 0.2) is 0 Å². The number of benzene rings is 1. The zero-order valence-electron chi connectivity index (χ0n) is 13.5. The molecular weight excluding hydrogens is 322 g/mol. The summed E-state index contributed by atoms with van der Waals surface area (Å²) in [7, 11) is 1.72. The van der Waals surface area contributed by atoms with E-state index in [9.17, 15) is 14.4 Å². The van der Waals surface area contributed by atoms with Crippen LogP contribution >= 0.6 is 0 Å². The lowest BCUT2D eigenvalue weighted by Gasteiger charge is -2.15. The second-order valence-electron chi connectivity index (χ2n) is 6.24. The third-order valence-corrected chi connectivity index (χ3v) is 4.71. The van der Waals surface area contributed by atoms with E-state index < -0.39 is 11.7 Å². The van der Waals surface area contributed by atoms with Crippen LogP contribution in [0.4, 0.5) is 4.39 Å². The molecule has 1 aromatic carbocycles. The number of aromatic nitrogens is 4. The molecule has 2 N–H and O–H groups in total. The summed E-state index contributed by atoms with van der Waals surface area (Å²) in [6.07, 6.45) is 2.54. The van der Waals surface area contributed by atoms with Crippen molar-refractivity contribution in [3.8, 4) is 17.2 Å². The SMILES string of the molecule is Cn1ncc2c(F)cc(-c3nn4c(c3C(N)=O)CB(C#N)CC4)cc21. The summed E-state index contributed by atoms with van der Waals surface area (Å²) in [5.74, 6) is 1.17. The van der Waals surface area contributed by atoms with E-state index >= 15 is 0 Å². The largest absolute Gasteiger partial charge is 0.365 e. The molecule has 4 rings (SSSR count). The average molecular weight is 336 g/mol. The summed E-state index contributed by atoms with van der Waals surface area (Å²) in [6.45, 7) is 0.357. The fraction of sp³-hybridized carbons (Fsp3) is 0.250. The first-order valence-electron chi connectivity index (χ1n) is 7.90. The van der Waals surface area contributed by atoms with Crippen molar-refractivity contribution in [1.82, 2.24) is 19.6 Å². The van der Waals surface area contributed by atoms with Crippen LogP contribution in [0.1, 0.15) is 16.1 Å². The van der Waals surface area contributed by atoms with Crippen molar-refractivity contribution in [2.75, 3.05) is 0 Å². The van der Waals surface area contributed by atoms with Gasteiger partial charge in [-0.15, -0.1) is 0 Å². The highest BCUT2D eigenvalue weighted by Gasteiger charge is 2.31. The predicted octanol–water partition coefficient (Wildman–Crippen LogP) is 1.33. The van der Waals surface area contributed by atoms with E-state index in [1.54, 1.807) is 22.5 Å². The van der Waals surface area contributed by atoms with E-state index in [1.807, 2.05) is 0 Å². The van der Waals surface area contributed by atoms with Crippen LogP contribution in [-0.4, -0.2) is 32.2 Å². The fourth-order valence-electron chi connectivity index (χ4n) is 3.42. The molecule has 25 heavy (non-hydrogen) atoms. The maximum Gasteiger partial charge on any atom is 0.275 e. The highest BCUT2D eigenvalue weighted by Crippen LogP contribution is 2.31. The highest BCUT2D eigenvalue weighted by atomic mass is 19.1. The van der Waals surface area contributed by atoms with Crippen molar-refractivity contribution in [3.63, 3.8) is 0 Å². The minimum absolute atomic E-state index is 0.175. The van der Waals surface area contributed by atoms with Gasteiger partial charge in [0.2, 0.25) is 0 Å². The summed E-state index contributed by atoms with van der Waals surface area (Å²) in [4.78, 5) is 12.1. The number of rotatable bonds is 2. The molecule has 3 heterocycles. The predicted molar refractivity (Wildman–Crippen MR) is 90.3 cm³/mol. The number of aryl methyl sites for hydroxylation is 2. The number of amides is 1. The van der Waals surface area contributed by atoms with E-state index in [2.05, 4.69) is 16.2 Å². The monoisotopic (exact) mass is 336 g/mol. The standard InChI is InChI=1S/C16H14BFN6O/c1-23-12-5-9(4-11(18)10(12)7-21-23)15-14(16(20)25)13-6-17(8-19)2-3-24(13)22-15/h4-5,7H,2-3,6H2,1H3,(H2,20,25). The molecule has 0 aliphatic carbocycles.